The first-order valence-corrected chi connectivity index (χ1v) is 11.5. The van der Waals surface area contributed by atoms with Crippen molar-refractivity contribution in [3.63, 3.8) is 0 Å². The lowest BCUT2D eigenvalue weighted by Crippen LogP contribution is -2.13. The number of anilines is 1. The van der Waals surface area contributed by atoms with Crippen LogP contribution in [-0.4, -0.2) is 20.7 Å². The number of aromatic nitrogens is 3. The zero-order valence-corrected chi connectivity index (χ0v) is 19.9. The van der Waals surface area contributed by atoms with Crippen molar-refractivity contribution < 1.29 is 9.53 Å². The van der Waals surface area contributed by atoms with Crippen LogP contribution in [0.5, 0.6) is 5.75 Å². The van der Waals surface area contributed by atoms with E-state index in [-0.39, 0.29) is 12.2 Å². The van der Waals surface area contributed by atoms with Crippen molar-refractivity contribution in [3.05, 3.63) is 93.8 Å². The Morgan fingerprint density at radius 2 is 1.79 bits per heavy atom. The first-order chi connectivity index (χ1) is 16.5. The van der Waals surface area contributed by atoms with Gasteiger partial charge in [-0.3, -0.25) is 10.1 Å². The minimum Gasteiger partial charge on any atom is -0.486 e. The Balaban J connectivity index is 1.48. The number of carbonyl (C=O) groups excluding carboxylic acids is 1. The molecule has 0 atom stereocenters. The van der Waals surface area contributed by atoms with Gasteiger partial charge < -0.3 is 9.30 Å². The topological polar surface area (TPSA) is 92.8 Å². The number of carbonyl (C=O) groups is 1. The minimum absolute atomic E-state index is 0.0286. The Kier molecular flexibility index (Phi) is 6.85. The molecule has 1 amide bonds. The summed E-state index contributed by atoms with van der Waals surface area (Å²) in [4.78, 5) is 12.8. The zero-order valence-electron chi connectivity index (χ0n) is 19.1. The average Bonchev–Trinajstić information content (AvgIpc) is 3.46. The second-order valence-electron chi connectivity index (χ2n) is 7.72. The van der Waals surface area contributed by atoms with Gasteiger partial charge in [0.25, 0.3) is 5.91 Å². The van der Waals surface area contributed by atoms with Crippen molar-refractivity contribution in [2.24, 2.45) is 0 Å². The summed E-state index contributed by atoms with van der Waals surface area (Å²) in [6.07, 6.45) is 3.49. The van der Waals surface area contributed by atoms with Gasteiger partial charge in [0.1, 0.15) is 24.0 Å². The fraction of sp³-hybridized carbons (Fsp3) is 0.154. The number of amides is 1. The second kappa shape index (κ2) is 10.1. The quantitative estimate of drug-likeness (QED) is 0.290. The van der Waals surface area contributed by atoms with Crippen molar-refractivity contribution >= 4 is 28.5 Å². The molecule has 2 heterocycles. The largest absolute Gasteiger partial charge is 0.486 e. The molecule has 0 radical (unpaired) electrons. The summed E-state index contributed by atoms with van der Waals surface area (Å²) < 4.78 is 7.76. The van der Waals surface area contributed by atoms with E-state index in [0.717, 1.165) is 33.8 Å². The Bertz CT molecular complexity index is 1390. The normalized spacial score (nSPS) is 11.2. The van der Waals surface area contributed by atoms with Crippen LogP contribution in [0.3, 0.4) is 0 Å². The van der Waals surface area contributed by atoms with E-state index in [1.165, 1.54) is 11.3 Å². The molecular formula is C26H23N5O2S. The maximum absolute atomic E-state index is 12.8. The Morgan fingerprint density at radius 1 is 1.06 bits per heavy atom. The molecule has 2 aromatic heterocycles. The Labute approximate surface area is 202 Å². The van der Waals surface area contributed by atoms with E-state index >= 15 is 0 Å². The lowest BCUT2D eigenvalue weighted by Gasteiger charge is -2.13. The van der Waals surface area contributed by atoms with Gasteiger partial charge in [0.15, 0.2) is 5.01 Å². The molecule has 0 unspecified atom stereocenters. The molecule has 0 aliphatic rings. The van der Waals surface area contributed by atoms with Gasteiger partial charge in [-0.1, -0.05) is 47.7 Å². The average molecular weight is 470 g/mol. The van der Waals surface area contributed by atoms with Gasteiger partial charge in [-0.25, -0.2) is 0 Å². The van der Waals surface area contributed by atoms with Gasteiger partial charge in [0.2, 0.25) is 5.13 Å². The number of rotatable bonds is 7. The van der Waals surface area contributed by atoms with Gasteiger partial charge in [0.05, 0.1) is 5.69 Å². The van der Waals surface area contributed by atoms with Crippen LogP contribution in [-0.2, 0) is 11.4 Å². The predicted octanol–water partition coefficient (Wildman–Crippen LogP) is 5.38. The molecule has 0 fully saturated rings. The van der Waals surface area contributed by atoms with E-state index in [4.69, 9.17) is 4.74 Å². The molecule has 2 aromatic carbocycles. The first kappa shape index (κ1) is 23.0. The lowest BCUT2D eigenvalue weighted by atomic mass is 10.1. The maximum atomic E-state index is 12.8. The molecule has 0 aliphatic heterocycles. The number of ether oxygens (including phenoxy) is 1. The highest BCUT2D eigenvalue weighted by molar-refractivity contribution is 7.15. The van der Waals surface area contributed by atoms with Crippen LogP contribution in [0.25, 0.3) is 11.8 Å². The van der Waals surface area contributed by atoms with Crippen molar-refractivity contribution in [3.8, 4) is 17.5 Å². The van der Waals surface area contributed by atoms with Gasteiger partial charge in [-0.2, -0.15) is 5.26 Å². The van der Waals surface area contributed by atoms with E-state index in [9.17, 15) is 10.1 Å². The molecule has 4 rings (SSSR count). The van der Waals surface area contributed by atoms with Gasteiger partial charge in [0, 0.05) is 11.9 Å². The highest BCUT2D eigenvalue weighted by Crippen LogP contribution is 2.24. The van der Waals surface area contributed by atoms with Gasteiger partial charge in [-0.15, -0.1) is 10.2 Å². The third kappa shape index (κ3) is 5.05. The van der Waals surface area contributed by atoms with Crippen LogP contribution in [0.15, 0.2) is 66.4 Å². The van der Waals surface area contributed by atoms with Gasteiger partial charge in [-0.05, 0) is 61.7 Å². The summed E-state index contributed by atoms with van der Waals surface area (Å²) in [5.41, 5.74) is 4.95. The van der Waals surface area contributed by atoms with Crippen LogP contribution in [0.1, 0.15) is 27.4 Å². The summed E-state index contributed by atoms with van der Waals surface area (Å²) in [7, 11) is 0. The van der Waals surface area contributed by atoms with E-state index in [0.29, 0.717) is 10.1 Å². The number of hydrogen-bond donors (Lipinski definition) is 1. The second-order valence-corrected chi connectivity index (χ2v) is 8.78. The number of nitrogens with zero attached hydrogens (tertiary/aromatic N) is 4. The first-order valence-electron chi connectivity index (χ1n) is 10.6. The predicted molar refractivity (Wildman–Crippen MR) is 133 cm³/mol. The molecule has 0 saturated carbocycles. The van der Waals surface area contributed by atoms with Gasteiger partial charge >= 0.3 is 0 Å². The standard InChI is InChI=1S/C26H23N5O2S/c1-17-8-4-5-12-22(17)33-16-23-29-30-26(34-23)28-25(32)20(15-27)14-21-11-7-13-31(21)24-18(2)9-6-10-19(24)3/h4-14H,16H2,1-3H3,(H,28,30,32)/b20-14-. The lowest BCUT2D eigenvalue weighted by molar-refractivity contribution is -0.112. The molecule has 0 aliphatic carbocycles. The number of aryl methyl sites for hydroxylation is 3. The van der Waals surface area contributed by atoms with Crippen molar-refractivity contribution in [2.45, 2.75) is 27.4 Å². The number of nitriles is 1. The summed E-state index contributed by atoms with van der Waals surface area (Å²) in [6.45, 7) is 6.27. The molecule has 170 valence electrons. The Hall–Kier alpha value is -4.22. The molecule has 7 nitrogen and oxygen atoms in total. The molecule has 8 heteroatoms. The SMILES string of the molecule is Cc1ccccc1OCc1nnc(NC(=O)/C(C#N)=C\c2cccn2-c2c(C)cccc2C)s1. The van der Waals surface area contributed by atoms with Crippen LogP contribution in [0, 0.1) is 32.1 Å². The molecule has 0 bridgehead atoms. The van der Waals surface area contributed by atoms with Crippen molar-refractivity contribution in [2.75, 3.05) is 5.32 Å². The number of para-hydroxylation sites is 2. The van der Waals surface area contributed by atoms with Crippen LogP contribution in [0.2, 0.25) is 0 Å². The molecule has 34 heavy (non-hydrogen) atoms. The third-order valence-electron chi connectivity index (χ3n) is 5.25. The van der Waals surface area contributed by atoms with Crippen LogP contribution >= 0.6 is 11.3 Å². The van der Waals surface area contributed by atoms with E-state index in [2.05, 4.69) is 15.5 Å². The van der Waals surface area contributed by atoms with E-state index < -0.39 is 5.91 Å². The molecule has 4 aromatic rings. The summed E-state index contributed by atoms with van der Waals surface area (Å²) >= 11 is 1.21. The molecule has 0 saturated heterocycles. The fourth-order valence-electron chi connectivity index (χ4n) is 3.58. The van der Waals surface area contributed by atoms with Crippen molar-refractivity contribution in [1.29, 1.82) is 5.26 Å². The molecule has 1 N–H and O–H groups in total. The van der Waals surface area contributed by atoms with E-state index in [1.807, 2.05) is 92.2 Å². The number of benzene rings is 2. The fourth-order valence-corrected chi connectivity index (χ4v) is 4.23. The molecular weight excluding hydrogens is 446 g/mol. The Morgan fingerprint density at radius 3 is 2.53 bits per heavy atom. The van der Waals surface area contributed by atoms with Crippen LogP contribution in [0.4, 0.5) is 5.13 Å². The van der Waals surface area contributed by atoms with E-state index in [1.54, 1.807) is 6.08 Å². The number of nitrogens with one attached hydrogen (secondary N) is 1. The molecule has 0 spiro atoms. The third-order valence-corrected chi connectivity index (χ3v) is 6.06. The monoisotopic (exact) mass is 469 g/mol. The summed E-state index contributed by atoms with van der Waals surface area (Å²) in [5.74, 6) is 0.226. The number of hydrogen-bond acceptors (Lipinski definition) is 6. The zero-order chi connectivity index (χ0) is 24.1. The summed E-state index contributed by atoms with van der Waals surface area (Å²) in [5, 5.41) is 21.3. The van der Waals surface area contributed by atoms with Crippen molar-refractivity contribution in [1.82, 2.24) is 14.8 Å². The summed E-state index contributed by atoms with van der Waals surface area (Å²) in [6, 6.07) is 19.5. The highest BCUT2D eigenvalue weighted by Gasteiger charge is 2.15. The highest BCUT2D eigenvalue weighted by atomic mass is 32.1. The maximum Gasteiger partial charge on any atom is 0.268 e. The minimum atomic E-state index is -0.542. The van der Waals surface area contributed by atoms with Crippen LogP contribution < -0.4 is 10.1 Å². The smallest absolute Gasteiger partial charge is 0.268 e.